The van der Waals surface area contributed by atoms with Crippen molar-refractivity contribution in [2.24, 2.45) is 0 Å². The van der Waals surface area contributed by atoms with E-state index in [1.165, 1.54) is 12.1 Å². The van der Waals surface area contributed by atoms with E-state index in [1.807, 2.05) is 12.1 Å². The molecule has 2 rings (SSSR count). The highest BCUT2D eigenvalue weighted by molar-refractivity contribution is 6.30. The minimum Gasteiger partial charge on any atom is -0.456 e. The van der Waals surface area contributed by atoms with Crippen molar-refractivity contribution < 1.29 is 13.9 Å². The SMILES string of the molecule is CC(C)(C)OC(=O)c1cc(NCc2ccc(Cl)cc2)ccc1F. The summed E-state index contributed by atoms with van der Waals surface area (Å²) in [7, 11) is 0. The van der Waals surface area contributed by atoms with E-state index < -0.39 is 17.4 Å². The van der Waals surface area contributed by atoms with Crippen LogP contribution in [-0.4, -0.2) is 11.6 Å². The molecule has 0 aliphatic rings. The minimum atomic E-state index is -0.676. The molecular formula is C18H19ClFNO2. The molecule has 0 amide bonds. The second-order valence-electron chi connectivity index (χ2n) is 6.18. The van der Waals surface area contributed by atoms with Crippen molar-refractivity contribution in [2.45, 2.75) is 32.9 Å². The number of carbonyl (C=O) groups excluding carboxylic acids is 1. The maximum Gasteiger partial charge on any atom is 0.341 e. The van der Waals surface area contributed by atoms with Crippen LogP contribution in [0.2, 0.25) is 5.02 Å². The second kappa shape index (κ2) is 7.01. The Hall–Kier alpha value is -2.07. The van der Waals surface area contributed by atoms with Crippen LogP contribution >= 0.6 is 11.6 Å². The summed E-state index contributed by atoms with van der Waals surface area (Å²) in [5.74, 6) is -1.28. The van der Waals surface area contributed by atoms with Crippen molar-refractivity contribution in [3.8, 4) is 0 Å². The van der Waals surface area contributed by atoms with Crippen LogP contribution in [0.3, 0.4) is 0 Å². The lowest BCUT2D eigenvalue weighted by atomic mass is 10.1. The van der Waals surface area contributed by atoms with Crippen LogP contribution in [0.4, 0.5) is 10.1 Å². The van der Waals surface area contributed by atoms with Gasteiger partial charge in [0, 0.05) is 17.3 Å². The van der Waals surface area contributed by atoms with E-state index in [9.17, 15) is 9.18 Å². The number of hydrogen-bond donors (Lipinski definition) is 1. The van der Waals surface area contributed by atoms with Crippen molar-refractivity contribution in [1.29, 1.82) is 0 Å². The lowest BCUT2D eigenvalue weighted by Crippen LogP contribution is -2.24. The Balaban J connectivity index is 2.10. The Kier molecular flexibility index (Phi) is 5.26. The van der Waals surface area contributed by atoms with Gasteiger partial charge < -0.3 is 10.1 Å². The number of halogens is 2. The van der Waals surface area contributed by atoms with E-state index in [2.05, 4.69) is 5.32 Å². The highest BCUT2D eigenvalue weighted by Crippen LogP contribution is 2.19. The third-order valence-electron chi connectivity index (χ3n) is 3.00. The van der Waals surface area contributed by atoms with E-state index in [4.69, 9.17) is 16.3 Å². The molecular weight excluding hydrogens is 317 g/mol. The van der Waals surface area contributed by atoms with Gasteiger partial charge in [-0.1, -0.05) is 23.7 Å². The number of ether oxygens (including phenoxy) is 1. The van der Waals surface area contributed by atoms with Gasteiger partial charge >= 0.3 is 5.97 Å². The molecule has 0 aliphatic carbocycles. The molecule has 3 nitrogen and oxygen atoms in total. The van der Waals surface area contributed by atoms with Crippen LogP contribution < -0.4 is 5.32 Å². The van der Waals surface area contributed by atoms with Crippen molar-refractivity contribution in [2.75, 3.05) is 5.32 Å². The molecule has 122 valence electrons. The van der Waals surface area contributed by atoms with Gasteiger partial charge in [-0.2, -0.15) is 0 Å². The molecule has 23 heavy (non-hydrogen) atoms. The highest BCUT2D eigenvalue weighted by Gasteiger charge is 2.21. The fraction of sp³-hybridized carbons (Fsp3) is 0.278. The number of anilines is 1. The van der Waals surface area contributed by atoms with Gasteiger partial charge in [-0.15, -0.1) is 0 Å². The second-order valence-corrected chi connectivity index (χ2v) is 6.61. The predicted octanol–water partition coefficient (Wildman–Crippen LogP) is 5.05. The zero-order valence-corrected chi connectivity index (χ0v) is 14.1. The minimum absolute atomic E-state index is 0.0824. The first-order chi connectivity index (χ1) is 10.7. The maximum absolute atomic E-state index is 13.9. The summed E-state index contributed by atoms with van der Waals surface area (Å²) >= 11 is 5.84. The molecule has 2 aromatic carbocycles. The predicted molar refractivity (Wildman–Crippen MR) is 90.3 cm³/mol. The largest absolute Gasteiger partial charge is 0.456 e. The van der Waals surface area contributed by atoms with E-state index in [-0.39, 0.29) is 5.56 Å². The van der Waals surface area contributed by atoms with Gasteiger partial charge in [-0.3, -0.25) is 0 Å². The molecule has 1 N–H and O–H groups in total. The summed E-state index contributed by atoms with van der Waals surface area (Å²) in [6.45, 7) is 5.76. The van der Waals surface area contributed by atoms with Gasteiger partial charge in [0.1, 0.15) is 11.4 Å². The Bertz CT molecular complexity index is 693. The van der Waals surface area contributed by atoms with Crippen LogP contribution in [0, 0.1) is 5.82 Å². The van der Waals surface area contributed by atoms with Crippen molar-refractivity contribution in [3.05, 3.63) is 64.4 Å². The Labute approximate surface area is 140 Å². The first kappa shape index (κ1) is 17.3. The maximum atomic E-state index is 13.9. The molecule has 0 heterocycles. The Morgan fingerprint density at radius 3 is 2.43 bits per heavy atom. The molecule has 0 saturated heterocycles. The van der Waals surface area contributed by atoms with Gasteiger partial charge in [0.25, 0.3) is 0 Å². The molecule has 0 spiro atoms. The van der Waals surface area contributed by atoms with Gasteiger partial charge in [-0.25, -0.2) is 9.18 Å². The number of benzene rings is 2. The van der Waals surface area contributed by atoms with Crippen LogP contribution in [0.1, 0.15) is 36.7 Å². The van der Waals surface area contributed by atoms with E-state index >= 15 is 0 Å². The zero-order chi connectivity index (χ0) is 17.0. The van der Waals surface area contributed by atoms with Gasteiger partial charge in [0.2, 0.25) is 0 Å². The van der Waals surface area contributed by atoms with Crippen LogP contribution in [-0.2, 0) is 11.3 Å². The molecule has 2 aromatic rings. The van der Waals surface area contributed by atoms with Gasteiger partial charge in [0.15, 0.2) is 0 Å². The smallest absolute Gasteiger partial charge is 0.341 e. The number of rotatable bonds is 4. The van der Waals surface area contributed by atoms with Crippen molar-refractivity contribution >= 4 is 23.3 Å². The van der Waals surface area contributed by atoms with E-state index in [0.717, 1.165) is 5.56 Å². The zero-order valence-electron chi connectivity index (χ0n) is 13.3. The van der Waals surface area contributed by atoms with Crippen LogP contribution in [0.25, 0.3) is 0 Å². The van der Waals surface area contributed by atoms with Crippen molar-refractivity contribution in [3.63, 3.8) is 0 Å². The summed E-state index contributed by atoms with van der Waals surface area (Å²) in [5.41, 5.74) is 0.914. The lowest BCUT2D eigenvalue weighted by Gasteiger charge is -2.20. The number of nitrogens with one attached hydrogen (secondary N) is 1. The normalized spacial score (nSPS) is 11.2. The molecule has 0 radical (unpaired) electrons. The molecule has 0 saturated carbocycles. The molecule has 0 unspecified atom stereocenters. The average Bonchev–Trinajstić information content (AvgIpc) is 2.46. The Morgan fingerprint density at radius 1 is 1.17 bits per heavy atom. The lowest BCUT2D eigenvalue weighted by molar-refractivity contribution is 0.00648. The Morgan fingerprint density at radius 2 is 1.83 bits per heavy atom. The monoisotopic (exact) mass is 335 g/mol. The summed E-state index contributed by atoms with van der Waals surface area (Å²) in [4.78, 5) is 12.0. The number of carbonyl (C=O) groups is 1. The number of esters is 1. The summed E-state index contributed by atoms with van der Waals surface area (Å²) in [6, 6.07) is 11.7. The molecule has 0 fully saturated rings. The number of hydrogen-bond acceptors (Lipinski definition) is 3. The summed E-state index contributed by atoms with van der Waals surface area (Å²) in [5, 5.41) is 3.82. The quantitative estimate of drug-likeness (QED) is 0.795. The first-order valence-corrected chi connectivity index (χ1v) is 7.63. The van der Waals surface area contributed by atoms with Crippen LogP contribution in [0.15, 0.2) is 42.5 Å². The van der Waals surface area contributed by atoms with Crippen LogP contribution in [0.5, 0.6) is 0 Å². The molecule has 0 aromatic heterocycles. The fourth-order valence-electron chi connectivity index (χ4n) is 1.93. The highest BCUT2D eigenvalue weighted by atomic mass is 35.5. The van der Waals surface area contributed by atoms with E-state index in [1.54, 1.807) is 39.0 Å². The molecule has 0 aliphatic heterocycles. The van der Waals surface area contributed by atoms with Gasteiger partial charge in [-0.05, 0) is 56.7 Å². The molecule has 0 atom stereocenters. The fourth-order valence-corrected chi connectivity index (χ4v) is 2.06. The van der Waals surface area contributed by atoms with E-state index in [0.29, 0.717) is 17.3 Å². The first-order valence-electron chi connectivity index (χ1n) is 7.26. The third-order valence-corrected chi connectivity index (χ3v) is 3.25. The molecule has 0 bridgehead atoms. The van der Waals surface area contributed by atoms with Crippen molar-refractivity contribution in [1.82, 2.24) is 0 Å². The summed E-state index contributed by atoms with van der Waals surface area (Å²) < 4.78 is 19.1. The standard InChI is InChI=1S/C18H19ClFNO2/c1-18(2,3)23-17(22)15-10-14(8-9-16(15)20)21-11-12-4-6-13(19)7-5-12/h4-10,21H,11H2,1-3H3. The third kappa shape index (κ3) is 5.25. The topological polar surface area (TPSA) is 38.3 Å². The van der Waals surface area contributed by atoms with Gasteiger partial charge in [0.05, 0.1) is 5.56 Å². The average molecular weight is 336 g/mol. The molecule has 5 heteroatoms. The summed E-state index contributed by atoms with van der Waals surface area (Å²) in [6.07, 6.45) is 0.